The van der Waals surface area contributed by atoms with Crippen molar-refractivity contribution in [2.24, 2.45) is 5.92 Å². The fraction of sp³-hybridized carbons (Fsp3) is 0.455. The number of nitrogens with one attached hydrogen (secondary N) is 1. The Morgan fingerprint density at radius 1 is 1.19 bits per heavy atom. The molecule has 2 unspecified atom stereocenters. The molecule has 144 valence electrons. The second-order valence-electron chi connectivity index (χ2n) is 7.45. The molecule has 0 radical (unpaired) electrons. The van der Waals surface area contributed by atoms with E-state index in [-0.39, 0.29) is 0 Å². The van der Waals surface area contributed by atoms with Crippen LogP contribution in [0.25, 0.3) is 11.0 Å². The lowest BCUT2D eigenvalue weighted by Crippen LogP contribution is -2.14. The van der Waals surface area contributed by atoms with Crippen molar-refractivity contribution in [2.45, 2.75) is 51.6 Å². The van der Waals surface area contributed by atoms with Crippen LogP contribution in [0.3, 0.4) is 0 Å². The number of fused-ring (bicyclic) bond motifs is 1. The predicted molar refractivity (Wildman–Crippen MR) is 113 cm³/mol. The third kappa shape index (κ3) is 4.48. The molecule has 3 aromatic rings. The van der Waals surface area contributed by atoms with Gasteiger partial charge in [-0.25, -0.2) is 9.97 Å². The number of nitrogen functional groups attached to an aromatic ring is 1. The molecule has 1 saturated carbocycles. The van der Waals surface area contributed by atoms with Crippen LogP contribution in [0.5, 0.6) is 0 Å². The minimum atomic E-state index is 0.510. The average Bonchev–Trinajstić information content (AvgIpc) is 3.31. The first-order valence-electron chi connectivity index (χ1n) is 9.93. The summed E-state index contributed by atoms with van der Waals surface area (Å²) in [5.41, 5.74) is 8.18. The van der Waals surface area contributed by atoms with Gasteiger partial charge in [0, 0.05) is 18.3 Å². The number of benzene rings is 1. The SMILES string of the molecule is CC1CCC(n2ccc3c(N)ncnc32)C1.CC[C@H](NC)c1ccccc1. The van der Waals surface area contributed by atoms with Gasteiger partial charge in [0.1, 0.15) is 17.8 Å². The van der Waals surface area contributed by atoms with Crippen molar-refractivity contribution in [1.29, 1.82) is 0 Å². The lowest BCUT2D eigenvalue weighted by Gasteiger charge is -2.13. The number of nitrogens with two attached hydrogens (primary N) is 1. The number of anilines is 1. The molecule has 1 aliphatic carbocycles. The van der Waals surface area contributed by atoms with Gasteiger partial charge in [0.05, 0.1) is 5.39 Å². The summed E-state index contributed by atoms with van der Waals surface area (Å²) < 4.78 is 2.26. The Labute approximate surface area is 162 Å². The van der Waals surface area contributed by atoms with Gasteiger partial charge in [-0.3, -0.25) is 0 Å². The smallest absolute Gasteiger partial charge is 0.145 e. The number of aromatic nitrogens is 3. The van der Waals surface area contributed by atoms with Gasteiger partial charge in [0.2, 0.25) is 0 Å². The van der Waals surface area contributed by atoms with Gasteiger partial charge in [-0.2, -0.15) is 0 Å². The minimum Gasteiger partial charge on any atom is -0.383 e. The van der Waals surface area contributed by atoms with Crippen LogP contribution in [-0.4, -0.2) is 21.6 Å². The van der Waals surface area contributed by atoms with Gasteiger partial charge in [0.25, 0.3) is 0 Å². The molecule has 5 nitrogen and oxygen atoms in total. The van der Waals surface area contributed by atoms with E-state index in [1.54, 1.807) is 6.33 Å². The molecule has 5 heteroatoms. The van der Waals surface area contributed by atoms with Gasteiger partial charge in [-0.15, -0.1) is 0 Å². The summed E-state index contributed by atoms with van der Waals surface area (Å²) in [6, 6.07) is 13.6. The molecule has 1 fully saturated rings. The molecule has 2 aromatic heterocycles. The predicted octanol–water partition coefficient (Wildman–Crippen LogP) is 4.73. The van der Waals surface area contributed by atoms with E-state index in [2.05, 4.69) is 64.2 Å². The zero-order chi connectivity index (χ0) is 19.2. The van der Waals surface area contributed by atoms with Crippen LogP contribution in [0.1, 0.15) is 57.2 Å². The van der Waals surface area contributed by atoms with Crippen LogP contribution in [0.15, 0.2) is 48.9 Å². The lowest BCUT2D eigenvalue weighted by molar-refractivity contribution is 0.504. The molecular formula is C22H31N5. The van der Waals surface area contributed by atoms with Crippen molar-refractivity contribution in [1.82, 2.24) is 19.9 Å². The van der Waals surface area contributed by atoms with Gasteiger partial charge in [-0.1, -0.05) is 44.2 Å². The largest absolute Gasteiger partial charge is 0.383 e. The van der Waals surface area contributed by atoms with Crippen LogP contribution >= 0.6 is 0 Å². The zero-order valence-corrected chi connectivity index (χ0v) is 16.6. The fourth-order valence-electron chi connectivity index (χ4n) is 4.01. The van der Waals surface area contributed by atoms with Crippen LogP contribution < -0.4 is 11.1 Å². The summed E-state index contributed by atoms with van der Waals surface area (Å²) in [5.74, 6) is 1.40. The number of rotatable bonds is 4. The van der Waals surface area contributed by atoms with Crippen molar-refractivity contribution in [3.63, 3.8) is 0 Å². The molecule has 0 saturated heterocycles. The molecule has 1 aromatic carbocycles. The van der Waals surface area contributed by atoms with E-state index in [1.807, 2.05) is 19.2 Å². The van der Waals surface area contributed by atoms with Crippen LogP contribution in [-0.2, 0) is 0 Å². The summed E-state index contributed by atoms with van der Waals surface area (Å²) >= 11 is 0. The monoisotopic (exact) mass is 365 g/mol. The molecule has 2 heterocycles. The molecule has 1 aliphatic rings. The minimum absolute atomic E-state index is 0.510. The van der Waals surface area contributed by atoms with E-state index in [1.165, 1.54) is 24.8 Å². The summed E-state index contributed by atoms with van der Waals surface area (Å²) in [5, 5.41) is 4.24. The molecule has 4 rings (SSSR count). The van der Waals surface area contributed by atoms with Crippen LogP contribution in [0, 0.1) is 5.92 Å². The van der Waals surface area contributed by atoms with E-state index in [0.717, 1.165) is 23.4 Å². The average molecular weight is 366 g/mol. The molecule has 27 heavy (non-hydrogen) atoms. The van der Waals surface area contributed by atoms with E-state index < -0.39 is 0 Å². The van der Waals surface area contributed by atoms with Gasteiger partial charge < -0.3 is 15.6 Å². The maximum absolute atomic E-state index is 5.83. The molecule has 3 N–H and O–H groups in total. The third-order valence-electron chi connectivity index (χ3n) is 5.56. The number of hydrogen-bond acceptors (Lipinski definition) is 4. The van der Waals surface area contributed by atoms with Gasteiger partial charge in [0.15, 0.2) is 0 Å². The second-order valence-corrected chi connectivity index (χ2v) is 7.45. The maximum Gasteiger partial charge on any atom is 0.145 e. The van der Waals surface area contributed by atoms with Gasteiger partial charge >= 0.3 is 0 Å². The van der Waals surface area contributed by atoms with E-state index in [9.17, 15) is 0 Å². The molecule has 0 spiro atoms. The van der Waals surface area contributed by atoms with Crippen LogP contribution in [0.2, 0.25) is 0 Å². The highest BCUT2D eigenvalue weighted by Crippen LogP contribution is 2.36. The van der Waals surface area contributed by atoms with Crippen LogP contribution in [0.4, 0.5) is 5.82 Å². The van der Waals surface area contributed by atoms with Crippen molar-refractivity contribution >= 4 is 16.9 Å². The first-order valence-corrected chi connectivity index (χ1v) is 9.93. The normalized spacial score (nSPS) is 20.3. The van der Waals surface area contributed by atoms with E-state index in [0.29, 0.717) is 17.9 Å². The molecule has 0 bridgehead atoms. The Morgan fingerprint density at radius 3 is 2.59 bits per heavy atom. The maximum atomic E-state index is 5.83. The quantitative estimate of drug-likeness (QED) is 0.701. The molecule has 3 atom stereocenters. The molecule has 0 amide bonds. The van der Waals surface area contributed by atoms with E-state index in [4.69, 9.17) is 5.73 Å². The third-order valence-corrected chi connectivity index (χ3v) is 5.56. The summed E-state index contributed by atoms with van der Waals surface area (Å²) in [7, 11) is 2.00. The highest BCUT2D eigenvalue weighted by molar-refractivity contribution is 5.86. The topological polar surface area (TPSA) is 68.8 Å². The Balaban J connectivity index is 0.000000168. The van der Waals surface area contributed by atoms with Gasteiger partial charge in [-0.05, 0) is 50.3 Å². The van der Waals surface area contributed by atoms with E-state index >= 15 is 0 Å². The van der Waals surface area contributed by atoms with Crippen molar-refractivity contribution < 1.29 is 0 Å². The Kier molecular flexibility index (Phi) is 6.45. The molecule has 0 aliphatic heterocycles. The van der Waals surface area contributed by atoms with Crippen molar-refractivity contribution in [3.8, 4) is 0 Å². The molecular weight excluding hydrogens is 334 g/mol. The summed E-state index contributed by atoms with van der Waals surface area (Å²) in [6.45, 7) is 4.50. The fourth-order valence-corrected chi connectivity index (χ4v) is 4.01. The summed E-state index contributed by atoms with van der Waals surface area (Å²) in [6.07, 6.45) is 8.58. The van der Waals surface area contributed by atoms with Crippen molar-refractivity contribution in [2.75, 3.05) is 12.8 Å². The zero-order valence-electron chi connectivity index (χ0n) is 16.6. The standard InChI is InChI=1S/C12H16N4.C10H15N/c1-8-2-3-9(6-8)16-5-4-10-11(13)14-7-15-12(10)16;1-3-10(11-2)9-7-5-4-6-8-9/h4-5,7-9H,2-3,6H2,1H3,(H2,13,14,15);4-8,10-11H,3H2,1-2H3/t;10-/m.0/s1. The van der Waals surface area contributed by atoms with Crippen molar-refractivity contribution in [3.05, 3.63) is 54.5 Å². The number of nitrogens with zero attached hydrogens (tertiary/aromatic N) is 3. The Hall–Kier alpha value is -2.40. The number of hydrogen-bond donors (Lipinski definition) is 2. The first-order chi connectivity index (χ1) is 13.1. The summed E-state index contributed by atoms with van der Waals surface area (Å²) in [4.78, 5) is 8.36. The Morgan fingerprint density at radius 2 is 1.96 bits per heavy atom. The Bertz CT molecular complexity index is 838. The highest BCUT2D eigenvalue weighted by atomic mass is 15.1. The lowest BCUT2D eigenvalue weighted by atomic mass is 10.1. The highest BCUT2D eigenvalue weighted by Gasteiger charge is 2.24. The first kappa shape index (κ1) is 19.4. The second kappa shape index (κ2) is 9.00.